The summed E-state index contributed by atoms with van der Waals surface area (Å²) in [4.78, 5) is 31.4. The highest BCUT2D eigenvalue weighted by molar-refractivity contribution is 7.99. The van der Waals surface area contributed by atoms with E-state index in [-0.39, 0.29) is 12.6 Å². The molecular weight excluding hydrogens is 398 g/mol. The molecule has 1 heterocycles. The number of amides is 3. The van der Waals surface area contributed by atoms with Gasteiger partial charge in [0.1, 0.15) is 6.04 Å². The molecule has 2 rings (SSSR count). The molecule has 156 valence electrons. The quantitative estimate of drug-likeness (QED) is 0.369. The molecule has 0 aromatic rings. The molecule has 12 heteroatoms. The van der Waals surface area contributed by atoms with Crippen LogP contribution in [-0.4, -0.2) is 60.0 Å². The molecular formula is C15H27N3O7S2. The van der Waals surface area contributed by atoms with Gasteiger partial charge in [0, 0.05) is 6.54 Å². The summed E-state index contributed by atoms with van der Waals surface area (Å²) in [5.74, 6) is 3.06. The Morgan fingerprint density at radius 1 is 1.22 bits per heavy atom. The van der Waals surface area contributed by atoms with Crippen molar-refractivity contribution in [2.75, 3.05) is 18.1 Å². The Bertz CT molecular complexity index is 619. The first kappa shape index (κ1) is 22.2. The number of carbonyl (C=O) groups is 2. The lowest BCUT2D eigenvalue weighted by Gasteiger charge is -2.29. The van der Waals surface area contributed by atoms with E-state index in [1.807, 2.05) is 18.7 Å². The Morgan fingerprint density at radius 3 is 2.37 bits per heavy atom. The van der Waals surface area contributed by atoms with Crippen LogP contribution < -0.4 is 11.0 Å². The van der Waals surface area contributed by atoms with Gasteiger partial charge in [-0.15, -0.1) is 4.28 Å². The predicted octanol–water partition coefficient (Wildman–Crippen LogP) is 1.11. The topological polar surface area (TPSA) is 134 Å². The molecule has 2 fully saturated rings. The first-order valence-corrected chi connectivity index (χ1v) is 11.5. The van der Waals surface area contributed by atoms with E-state index in [1.54, 1.807) is 12.4 Å². The normalized spacial score (nSPS) is 25.7. The highest BCUT2D eigenvalue weighted by Crippen LogP contribution is 2.42. The van der Waals surface area contributed by atoms with Crippen LogP contribution in [0.4, 0.5) is 4.79 Å². The fourth-order valence-corrected chi connectivity index (χ4v) is 5.33. The van der Waals surface area contributed by atoms with Gasteiger partial charge in [0.25, 0.3) is 5.91 Å². The Hall–Kier alpha value is -1.08. The van der Waals surface area contributed by atoms with E-state index in [4.69, 9.17) is 9.39 Å². The number of likely N-dealkylation sites (N-methyl/N-ethyl adjacent to an activating group) is 1. The van der Waals surface area contributed by atoms with Gasteiger partial charge in [0.05, 0.1) is 6.10 Å². The lowest BCUT2D eigenvalue weighted by molar-refractivity contribution is -0.143. The van der Waals surface area contributed by atoms with Crippen molar-refractivity contribution in [2.24, 2.45) is 11.8 Å². The average molecular weight is 426 g/mol. The standard InChI is InChI=1S/C15H27N3O7S2/c1-3-5-13(18(4-2)15(20)17-25-27(21,22)23)14(19)16-24-12-6-10-8-26-9-11(10)7-12/h10-13H,3-9H2,1-2H3,(H,16,19)(H,17,20)(H,21,22,23)/t10?,11?,12?,13-/m0/s1. The predicted molar refractivity (Wildman–Crippen MR) is 98.8 cm³/mol. The molecule has 1 saturated heterocycles. The average Bonchev–Trinajstić information content (AvgIpc) is 3.18. The van der Waals surface area contributed by atoms with Crippen LogP contribution in [0.3, 0.4) is 0 Å². The fraction of sp³-hybridized carbons (Fsp3) is 0.867. The minimum atomic E-state index is -4.83. The molecule has 0 aromatic carbocycles. The second-order valence-electron chi connectivity index (χ2n) is 6.74. The number of nitrogens with one attached hydrogen (secondary N) is 2. The summed E-state index contributed by atoms with van der Waals surface area (Å²) < 4.78 is 33.7. The molecule has 3 atom stereocenters. The summed E-state index contributed by atoms with van der Waals surface area (Å²) in [6.45, 7) is 3.63. The second kappa shape index (κ2) is 9.92. The summed E-state index contributed by atoms with van der Waals surface area (Å²) in [5.41, 5.74) is 4.08. The Morgan fingerprint density at radius 2 is 1.85 bits per heavy atom. The van der Waals surface area contributed by atoms with Gasteiger partial charge in [0.15, 0.2) is 0 Å². The van der Waals surface area contributed by atoms with Crippen LogP contribution in [0.1, 0.15) is 39.5 Å². The number of thioether (sulfide) groups is 1. The number of hydroxylamine groups is 2. The van der Waals surface area contributed by atoms with E-state index in [2.05, 4.69) is 9.76 Å². The molecule has 3 N–H and O–H groups in total. The van der Waals surface area contributed by atoms with Gasteiger partial charge >= 0.3 is 16.4 Å². The van der Waals surface area contributed by atoms with Crippen LogP contribution in [0, 0.1) is 11.8 Å². The van der Waals surface area contributed by atoms with Crippen molar-refractivity contribution in [3.05, 3.63) is 0 Å². The van der Waals surface area contributed by atoms with Crippen molar-refractivity contribution in [3.63, 3.8) is 0 Å². The third-order valence-corrected chi connectivity index (χ3v) is 6.49. The third-order valence-electron chi connectivity index (χ3n) is 4.86. The first-order chi connectivity index (χ1) is 12.7. The molecule has 1 aliphatic carbocycles. The number of rotatable bonds is 9. The largest absolute Gasteiger partial charge is 0.418 e. The minimum absolute atomic E-state index is 0.0288. The summed E-state index contributed by atoms with van der Waals surface area (Å²) in [7, 11) is -4.83. The molecule has 2 aliphatic rings. The van der Waals surface area contributed by atoms with Gasteiger partial charge in [-0.05, 0) is 49.5 Å². The van der Waals surface area contributed by atoms with Gasteiger partial charge in [-0.3, -0.25) is 14.2 Å². The molecule has 27 heavy (non-hydrogen) atoms. The summed E-state index contributed by atoms with van der Waals surface area (Å²) in [5, 5.41) is 0. The molecule has 0 spiro atoms. The number of nitrogens with zero attached hydrogens (tertiary/aromatic N) is 1. The number of hydrogen-bond donors (Lipinski definition) is 3. The Kier molecular flexibility index (Phi) is 8.16. The zero-order valence-electron chi connectivity index (χ0n) is 15.4. The SMILES string of the molecule is CCC[C@@H](C(=O)NOC1CC2CSCC2C1)N(CC)C(=O)NOS(=O)(=O)O. The molecule has 0 radical (unpaired) electrons. The van der Waals surface area contributed by atoms with Crippen molar-refractivity contribution in [1.82, 2.24) is 15.9 Å². The maximum absolute atomic E-state index is 12.6. The van der Waals surface area contributed by atoms with E-state index in [1.165, 1.54) is 0 Å². The Labute approximate surface area is 163 Å². The van der Waals surface area contributed by atoms with Gasteiger partial charge in [-0.25, -0.2) is 10.3 Å². The van der Waals surface area contributed by atoms with Crippen molar-refractivity contribution < 1.29 is 31.7 Å². The van der Waals surface area contributed by atoms with Crippen LogP contribution in [-0.2, 0) is 24.3 Å². The number of urea groups is 1. The first-order valence-electron chi connectivity index (χ1n) is 9.00. The Balaban J connectivity index is 1.90. The number of hydrogen-bond acceptors (Lipinski definition) is 7. The summed E-state index contributed by atoms with van der Waals surface area (Å²) in [6.07, 6.45) is 2.77. The molecule has 10 nitrogen and oxygen atoms in total. The van der Waals surface area contributed by atoms with Gasteiger partial charge in [0.2, 0.25) is 0 Å². The van der Waals surface area contributed by atoms with E-state index in [0.29, 0.717) is 24.7 Å². The van der Waals surface area contributed by atoms with Gasteiger partial charge in [-0.2, -0.15) is 25.7 Å². The number of carbonyl (C=O) groups excluding carboxylic acids is 2. The summed E-state index contributed by atoms with van der Waals surface area (Å²) >= 11 is 1.95. The van der Waals surface area contributed by atoms with Crippen LogP contribution in [0.2, 0.25) is 0 Å². The van der Waals surface area contributed by atoms with Crippen molar-refractivity contribution in [3.8, 4) is 0 Å². The van der Waals surface area contributed by atoms with Crippen molar-refractivity contribution in [2.45, 2.75) is 51.7 Å². The highest BCUT2D eigenvalue weighted by Gasteiger charge is 2.39. The van der Waals surface area contributed by atoms with Crippen LogP contribution in [0.25, 0.3) is 0 Å². The van der Waals surface area contributed by atoms with Crippen LogP contribution in [0.15, 0.2) is 0 Å². The maximum Gasteiger partial charge on any atom is 0.418 e. The van der Waals surface area contributed by atoms with Crippen molar-refractivity contribution in [1.29, 1.82) is 0 Å². The zero-order chi connectivity index (χ0) is 20.0. The lowest BCUT2D eigenvalue weighted by atomic mass is 10.0. The fourth-order valence-electron chi connectivity index (χ4n) is 3.60. The van der Waals surface area contributed by atoms with E-state index < -0.39 is 28.4 Å². The second-order valence-corrected chi connectivity index (χ2v) is 8.84. The smallest absolute Gasteiger partial charge is 0.311 e. The van der Waals surface area contributed by atoms with Gasteiger partial charge < -0.3 is 4.90 Å². The van der Waals surface area contributed by atoms with Crippen LogP contribution >= 0.6 is 11.8 Å². The van der Waals surface area contributed by atoms with Crippen molar-refractivity contribution >= 4 is 34.1 Å². The molecule has 3 amide bonds. The summed E-state index contributed by atoms with van der Waals surface area (Å²) in [6, 6.07) is -1.81. The molecule has 0 aromatic heterocycles. The third kappa shape index (κ3) is 6.49. The molecule has 1 saturated carbocycles. The van der Waals surface area contributed by atoms with E-state index in [9.17, 15) is 18.0 Å². The zero-order valence-corrected chi connectivity index (χ0v) is 17.1. The maximum atomic E-state index is 12.6. The molecule has 0 bridgehead atoms. The monoisotopic (exact) mass is 425 g/mol. The highest BCUT2D eigenvalue weighted by atomic mass is 32.3. The number of fused-ring (bicyclic) bond motifs is 1. The van der Waals surface area contributed by atoms with E-state index >= 15 is 0 Å². The molecule has 2 unspecified atom stereocenters. The van der Waals surface area contributed by atoms with Crippen LogP contribution in [0.5, 0.6) is 0 Å². The molecule has 1 aliphatic heterocycles. The van der Waals surface area contributed by atoms with Gasteiger partial charge in [-0.1, -0.05) is 13.3 Å². The minimum Gasteiger partial charge on any atom is -0.311 e. The van der Waals surface area contributed by atoms with E-state index in [0.717, 1.165) is 29.2 Å². The lowest BCUT2D eigenvalue weighted by Crippen LogP contribution is -2.53.